The van der Waals surface area contributed by atoms with Gasteiger partial charge in [0.25, 0.3) is 0 Å². The number of aliphatic hydroxyl groups is 1. The van der Waals surface area contributed by atoms with Gasteiger partial charge in [0.05, 0.1) is 7.11 Å². The Morgan fingerprint density at radius 3 is 3.00 bits per heavy atom. The van der Waals surface area contributed by atoms with E-state index in [4.69, 9.17) is 4.42 Å². The number of aliphatic hydroxyl groups excluding tert-OH is 1. The Kier molecular flexibility index (Phi) is 4.76. The molecule has 0 aliphatic rings. The molecule has 0 fully saturated rings. The van der Waals surface area contributed by atoms with Gasteiger partial charge < -0.3 is 14.3 Å². The van der Waals surface area contributed by atoms with Crippen LogP contribution in [0.1, 0.15) is 40.1 Å². The third kappa shape index (κ3) is 3.68. The monoisotopic (exact) mass is 280 g/mol. The molecule has 5 heteroatoms. The Balaban J connectivity index is 1.84. The highest BCUT2D eigenvalue weighted by atomic mass is 32.1. The number of hydrogen-bond acceptors (Lipinski definition) is 5. The summed E-state index contributed by atoms with van der Waals surface area (Å²) in [4.78, 5) is 12.5. The van der Waals surface area contributed by atoms with E-state index in [9.17, 15) is 9.90 Å². The van der Waals surface area contributed by atoms with Crippen molar-refractivity contribution in [1.29, 1.82) is 0 Å². The molecule has 102 valence electrons. The number of aryl methyl sites for hydroxylation is 1. The second-order valence-electron chi connectivity index (χ2n) is 4.18. The lowest BCUT2D eigenvalue weighted by Gasteiger charge is -2.06. The SMILES string of the molecule is COC(=O)c1ccc(C(O)CCCc2cccs2)o1. The van der Waals surface area contributed by atoms with Crippen LogP contribution < -0.4 is 0 Å². The first kappa shape index (κ1) is 13.8. The maximum absolute atomic E-state index is 11.2. The smallest absolute Gasteiger partial charge is 0.373 e. The van der Waals surface area contributed by atoms with E-state index in [1.54, 1.807) is 17.4 Å². The van der Waals surface area contributed by atoms with Crippen LogP contribution in [0.3, 0.4) is 0 Å². The molecule has 0 saturated carbocycles. The maximum atomic E-state index is 11.2. The number of furan rings is 1. The Morgan fingerprint density at radius 1 is 1.47 bits per heavy atom. The zero-order chi connectivity index (χ0) is 13.7. The fourth-order valence-corrected chi connectivity index (χ4v) is 2.56. The second-order valence-corrected chi connectivity index (χ2v) is 5.21. The van der Waals surface area contributed by atoms with Crippen molar-refractivity contribution in [1.82, 2.24) is 0 Å². The van der Waals surface area contributed by atoms with Gasteiger partial charge in [0.2, 0.25) is 5.76 Å². The molecule has 0 spiro atoms. The molecule has 0 radical (unpaired) electrons. The van der Waals surface area contributed by atoms with Gasteiger partial charge in [-0.15, -0.1) is 11.3 Å². The molecule has 2 rings (SSSR count). The maximum Gasteiger partial charge on any atom is 0.373 e. The first-order chi connectivity index (χ1) is 9.20. The third-order valence-electron chi connectivity index (χ3n) is 2.82. The summed E-state index contributed by atoms with van der Waals surface area (Å²) >= 11 is 1.72. The largest absolute Gasteiger partial charge is 0.463 e. The average molecular weight is 280 g/mol. The number of thiophene rings is 1. The zero-order valence-electron chi connectivity index (χ0n) is 10.7. The number of carbonyl (C=O) groups excluding carboxylic acids is 1. The molecule has 19 heavy (non-hydrogen) atoms. The van der Waals surface area contributed by atoms with Crippen molar-refractivity contribution in [3.8, 4) is 0 Å². The summed E-state index contributed by atoms with van der Waals surface area (Å²) in [6, 6.07) is 7.23. The molecule has 4 nitrogen and oxygen atoms in total. The van der Waals surface area contributed by atoms with Crippen LogP contribution in [-0.4, -0.2) is 18.2 Å². The number of hydrogen-bond donors (Lipinski definition) is 1. The number of esters is 1. The molecule has 1 unspecified atom stereocenters. The summed E-state index contributed by atoms with van der Waals surface area (Å²) in [5, 5.41) is 12.0. The minimum Gasteiger partial charge on any atom is -0.463 e. The lowest BCUT2D eigenvalue weighted by Crippen LogP contribution is -1.99. The summed E-state index contributed by atoms with van der Waals surface area (Å²) in [7, 11) is 1.29. The highest BCUT2D eigenvalue weighted by Crippen LogP contribution is 2.23. The summed E-state index contributed by atoms with van der Waals surface area (Å²) < 4.78 is 9.81. The molecule has 0 amide bonds. The Labute approximate surface area is 115 Å². The molecule has 1 N–H and O–H groups in total. The van der Waals surface area contributed by atoms with Gasteiger partial charge in [0.15, 0.2) is 0 Å². The van der Waals surface area contributed by atoms with E-state index >= 15 is 0 Å². The van der Waals surface area contributed by atoms with E-state index < -0.39 is 12.1 Å². The molecule has 1 atom stereocenters. The van der Waals surface area contributed by atoms with Crippen LogP contribution in [0.4, 0.5) is 0 Å². The quantitative estimate of drug-likeness (QED) is 0.826. The van der Waals surface area contributed by atoms with E-state index in [1.165, 1.54) is 18.1 Å². The van der Waals surface area contributed by atoms with E-state index in [1.807, 2.05) is 11.4 Å². The Morgan fingerprint density at radius 2 is 2.32 bits per heavy atom. The van der Waals surface area contributed by atoms with Crippen LogP contribution in [0.2, 0.25) is 0 Å². The summed E-state index contributed by atoms with van der Waals surface area (Å²) in [6.07, 6.45) is 1.74. The lowest BCUT2D eigenvalue weighted by molar-refractivity contribution is 0.0553. The van der Waals surface area contributed by atoms with E-state index in [2.05, 4.69) is 10.8 Å². The average Bonchev–Trinajstić information content (AvgIpc) is 3.08. The second kappa shape index (κ2) is 6.54. The van der Waals surface area contributed by atoms with Crippen LogP contribution in [0.25, 0.3) is 0 Å². The minimum atomic E-state index is -0.682. The molecule has 2 heterocycles. The Bertz CT molecular complexity index is 515. The topological polar surface area (TPSA) is 59.7 Å². The first-order valence-electron chi connectivity index (χ1n) is 6.09. The normalized spacial score (nSPS) is 12.3. The minimum absolute atomic E-state index is 0.120. The van der Waals surface area contributed by atoms with Gasteiger partial charge in [-0.25, -0.2) is 4.79 Å². The van der Waals surface area contributed by atoms with Gasteiger partial charge in [0.1, 0.15) is 11.9 Å². The zero-order valence-corrected chi connectivity index (χ0v) is 11.5. The van der Waals surface area contributed by atoms with Crippen LogP contribution >= 0.6 is 11.3 Å². The standard InChI is InChI=1S/C14H16O4S/c1-17-14(16)13-8-7-12(18-13)11(15)6-2-4-10-5-3-9-19-10/h3,5,7-9,11,15H,2,4,6H2,1H3. The lowest BCUT2D eigenvalue weighted by atomic mass is 10.1. The highest BCUT2D eigenvalue weighted by Gasteiger charge is 2.16. The van der Waals surface area contributed by atoms with Crippen LogP contribution in [0, 0.1) is 0 Å². The van der Waals surface area contributed by atoms with Crippen molar-refractivity contribution in [3.05, 3.63) is 46.0 Å². The van der Waals surface area contributed by atoms with E-state index in [0.29, 0.717) is 12.2 Å². The van der Waals surface area contributed by atoms with Gasteiger partial charge in [-0.1, -0.05) is 6.07 Å². The van der Waals surface area contributed by atoms with Gasteiger partial charge in [-0.2, -0.15) is 0 Å². The van der Waals surface area contributed by atoms with Crippen molar-refractivity contribution in [2.45, 2.75) is 25.4 Å². The van der Waals surface area contributed by atoms with Gasteiger partial charge in [0, 0.05) is 4.88 Å². The molecule has 0 saturated heterocycles. The van der Waals surface area contributed by atoms with Crippen LogP contribution in [0.5, 0.6) is 0 Å². The third-order valence-corrected chi connectivity index (χ3v) is 3.76. The van der Waals surface area contributed by atoms with E-state index in [0.717, 1.165) is 12.8 Å². The van der Waals surface area contributed by atoms with Crippen molar-refractivity contribution < 1.29 is 19.1 Å². The molecule has 0 aliphatic heterocycles. The van der Waals surface area contributed by atoms with E-state index in [-0.39, 0.29) is 5.76 Å². The van der Waals surface area contributed by atoms with Crippen molar-refractivity contribution in [3.63, 3.8) is 0 Å². The van der Waals surface area contributed by atoms with Crippen molar-refractivity contribution >= 4 is 17.3 Å². The predicted octanol–water partition coefficient (Wildman–Crippen LogP) is 3.18. The fourth-order valence-electron chi connectivity index (χ4n) is 1.81. The number of carbonyl (C=O) groups is 1. The molecular formula is C14H16O4S. The summed E-state index contributed by atoms with van der Waals surface area (Å²) in [5.41, 5.74) is 0. The van der Waals surface area contributed by atoms with Gasteiger partial charge in [-0.3, -0.25) is 0 Å². The number of methoxy groups -OCH3 is 1. The molecule has 0 aliphatic carbocycles. The van der Waals surface area contributed by atoms with Crippen LogP contribution in [-0.2, 0) is 11.2 Å². The highest BCUT2D eigenvalue weighted by molar-refractivity contribution is 7.09. The van der Waals surface area contributed by atoms with Crippen molar-refractivity contribution in [2.75, 3.05) is 7.11 Å². The molecule has 0 aromatic carbocycles. The summed E-state index contributed by atoms with van der Waals surface area (Å²) in [5.74, 6) is -0.00146. The first-order valence-corrected chi connectivity index (χ1v) is 6.97. The van der Waals surface area contributed by atoms with Crippen molar-refractivity contribution in [2.24, 2.45) is 0 Å². The number of ether oxygens (including phenoxy) is 1. The predicted molar refractivity (Wildman–Crippen MR) is 72.3 cm³/mol. The Hall–Kier alpha value is -1.59. The fraction of sp³-hybridized carbons (Fsp3) is 0.357. The van der Waals surface area contributed by atoms with Gasteiger partial charge in [-0.05, 0) is 42.8 Å². The summed E-state index contributed by atoms with van der Waals surface area (Å²) in [6.45, 7) is 0. The molecule has 0 bridgehead atoms. The molecule has 2 aromatic rings. The molecule has 2 aromatic heterocycles. The molecular weight excluding hydrogens is 264 g/mol. The number of rotatable bonds is 6. The van der Waals surface area contributed by atoms with Gasteiger partial charge >= 0.3 is 5.97 Å². The van der Waals surface area contributed by atoms with Crippen LogP contribution in [0.15, 0.2) is 34.1 Å².